The summed E-state index contributed by atoms with van der Waals surface area (Å²) in [5.74, 6) is 0. The molecule has 1 N–H and O–H groups in total. The zero-order chi connectivity index (χ0) is 7.49. The molecule has 0 saturated carbocycles. The van der Waals surface area contributed by atoms with Crippen molar-refractivity contribution in [3.05, 3.63) is 0 Å². The molecule has 1 unspecified atom stereocenters. The highest BCUT2D eigenvalue weighted by Gasteiger charge is 2.20. The van der Waals surface area contributed by atoms with Crippen LogP contribution in [0.4, 0.5) is 0 Å². The van der Waals surface area contributed by atoms with Crippen molar-refractivity contribution in [3.63, 3.8) is 0 Å². The van der Waals surface area contributed by atoms with Gasteiger partial charge in [-0.05, 0) is 0 Å². The molecule has 0 aliphatic carbocycles. The lowest BCUT2D eigenvalue weighted by Crippen LogP contribution is -2.09. The lowest BCUT2D eigenvalue weighted by molar-refractivity contribution is 0.288. The molecule has 0 rings (SSSR count). The quantitative estimate of drug-likeness (QED) is 0.561. The molecule has 56 valence electrons. The lowest BCUT2D eigenvalue weighted by atomic mass is 10.9. The molecule has 9 heavy (non-hydrogen) atoms. The van der Waals surface area contributed by atoms with E-state index in [4.69, 9.17) is 39.7 Å². The first-order valence-electron chi connectivity index (χ1n) is 1.84. The Bertz CT molecular complexity index is 110. The number of hydrogen-bond donors (Lipinski definition) is 1. The van der Waals surface area contributed by atoms with Crippen molar-refractivity contribution in [2.45, 2.75) is 3.79 Å². The fourth-order valence-corrected chi connectivity index (χ4v) is 0.922. The Kier molecular flexibility index (Phi) is 4.47. The van der Waals surface area contributed by atoms with E-state index in [9.17, 15) is 4.57 Å². The van der Waals surface area contributed by atoms with Crippen LogP contribution < -0.4 is 0 Å². The maximum absolute atomic E-state index is 9.83. The molecule has 0 aliphatic rings. The maximum atomic E-state index is 9.83. The predicted molar refractivity (Wildman–Crippen MR) is 37.5 cm³/mol. The molecule has 0 amide bonds. The molecule has 0 aromatic carbocycles. The van der Waals surface area contributed by atoms with Gasteiger partial charge in [0.15, 0.2) is 0 Å². The topological polar surface area (TPSA) is 46.5 Å². The first-order chi connectivity index (χ1) is 3.92. The van der Waals surface area contributed by atoms with Gasteiger partial charge in [0.1, 0.15) is 6.61 Å². The molecule has 0 aromatic rings. The third-order valence-electron chi connectivity index (χ3n) is 0.359. The van der Waals surface area contributed by atoms with Crippen LogP contribution in [-0.4, -0.2) is 15.3 Å². The number of hydrogen-bond acceptors (Lipinski definition) is 2. The smallest absolute Gasteiger partial charge is 0.316 e. The average Bonchev–Trinajstić information content (AvgIpc) is 1.59. The Morgan fingerprint density at radius 1 is 1.56 bits per heavy atom. The molecular formula is C2H4Cl3O3P. The summed E-state index contributed by atoms with van der Waals surface area (Å²) in [4.78, 5) is 8.06. The number of rotatable bonds is 2. The molecule has 1 atom stereocenters. The van der Waals surface area contributed by atoms with E-state index in [1.54, 1.807) is 0 Å². The molecule has 0 saturated heterocycles. The average molecular weight is 213 g/mol. The van der Waals surface area contributed by atoms with Crippen LogP contribution >= 0.6 is 43.1 Å². The van der Waals surface area contributed by atoms with Gasteiger partial charge in [0.05, 0.1) is 0 Å². The molecule has 0 spiro atoms. The van der Waals surface area contributed by atoms with Gasteiger partial charge in [-0.3, -0.25) is 4.57 Å². The summed E-state index contributed by atoms with van der Waals surface area (Å²) in [6, 6.07) is 0. The Morgan fingerprint density at radius 3 is 2.11 bits per heavy atom. The van der Waals surface area contributed by atoms with E-state index in [2.05, 4.69) is 4.52 Å². The van der Waals surface area contributed by atoms with Gasteiger partial charge < -0.3 is 9.42 Å². The number of halogens is 3. The fraction of sp³-hybridized carbons (Fsp3) is 1.00. The Balaban J connectivity index is 3.39. The molecule has 0 bridgehead atoms. The molecule has 0 aromatic heterocycles. The molecule has 0 aliphatic heterocycles. The van der Waals surface area contributed by atoms with Crippen molar-refractivity contribution in [1.82, 2.24) is 0 Å². The lowest BCUT2D eigenvalue weighted by Gasteiger charge is -2.07. The SMILES string of the molecule is O=[PH](O)OCC(Cl)(Cl)Cl. The highest BCUT2D eigenvalue weighted by atomic mass is 35.6. The van der Waals surface area contributed by atoms with E-state index < -0.39 is 12.0 Å². The summed E-state index contributed by atoms with van der Waals surface area (Å²) >= 11 is 15.4. The third-order valence-corrected chi connectivity index (χ3v) is 1.08. The summed E-state index contributed by atoms with van der Waals surface area (Å²) in [5, 5.41) is 0. The monoisotopic (exact) mass is 212 g/mol. The Labute approximate surface area is 67.8 Å². The highest BCUT2D eigenvalue weighted by Crippen LogP contribution is 2.29. The van der Waals surface area contributed by atoms with Crippen molar-refractivity contribution in [2.75, 3.05) is 6.61 Å². The summed E-state index contributed by atoms with van der Waals surface area (Å²) in [6.07, 6.45) is 0. The minimum Gasteiger partial charge on any atom is -0.326 e. The summed E-state index contributed by atoms with van der Waals surface area (Å²) in [7, 11) is -2.97. The number of alkyl halides is 3. The van der Waals surface area contributed by atoms with Gasteiger partial charge >= 0.3 is 8.25 Å². The van der Waals surface area contributed by atoms with Gasteiger partial charge in [-0.25, -0.2) is 0 Å². The molecular weight excluding hydrogens is 209 g/mol. The molecule has 0 fully saturated rings. The molecule has 0 radical (unpaired) electrons. The van der Waals surface area contributed by atoms with Crippen LogP contribution in [0, 0.1) is 0 Å². The summed E-state index contributed by atoms with van der Waals surface area (Å²) < 4.78 is 12.3. The normalized spacial score (nSPS) is 15.6. The minimum absolute atomic E-state index is 0.369. The van der Waals surface area contributed by atoms with E-state index >= 15 is 0 Å². The van der Waals surface area contributed by atoms with Gasteiger partial charge in [-0.1, -0.05) is 34.8 Å². The second-order valence-electron chi connectivity index (χ2n) is 1.17. The van der Waals surface area contributed by atoms with Crippen molar-refractivity contribution >= 4 is 43.1 Å². The van der Waals surface area contributed by atoms with Crippen LogP contribution in [0.1, 0.15) is 0 Å². The van der Waals surface area contributed by atoms with E-state index in [1.165, 1.54) is 0 Å². The van der Waals surface area contributed by atoms with Crippen molar-refractivity contribution in [3.8, 4) is 0 Å². The van der Waals surface area contributed by atoms with Crippen LogP contribution in [0.25, 0.3) is 0 Å². The van der Waals surface area contributed by atoms with E-state index in [-0.39, 0.29) is 6.61 Å². The minimum atomic E-state index is -2.97. The van der Waals surface area contributed by atoms with E-state index in [0.717, 1.165) is 0 Å². The van der Waals surface area contributed by atoms with Gasteiger partial charge in [0.25, 0.3) is 0 Å². The third kappa shape index (κ3) is 9.02. The van der Waals surface area contributed by atoms with Crippen molar-refractivity contribution in [1.29, 1.82) is 0 Å². The van der Waals surface area contributed by atoms with E-state index in [1.807, 2.05) is 0 Å². The van der Waals surface area contributed by atoms with Crippen LogP contribution in [0.15, 0.2) is 0 Å². The fourth-order valence-electron chi connectivity index (χ4n) is 0.144. The standard InChI is InChI=1S/C2H4Cl3O3P/c3-2(4,5)1-8-9(6)7/h9H,1H2,(H,6,7). The van der Waals surface area contributed by atoms with Crippen molar-refractivity contribution < 1.29 is 14.0 Å². The zero-order valence-corrected chi connectivity index (χ0v) is 7.37. The van der Waals surface area contributed by atoms with Crippen LogP contribution in [-0.2, 0) is 9.09 Å². The first kappa shape index (κ1) is 10.0. The molecule has 3 nitrogen and oxygen atoms in total. The van der Waals surface area contributed by atoms with Gasteiger partial charge in [-0.2, -0.15) is 0 Å². The maximum Gasteiger partial charge on any atom is 0.316 e. The second-order valence-corrected chi connectivity index (χ2v) is 4.51. The predicted octanol–water partition coefficient (Wildman–Crippen LogP) is 1.76. The Morgan fingerprint density at radius 2 is 2.00 bits per heavy atom. The largest absolute Gasteiger partial charge is 0.326 e. The van der Waals surface area contributed by atoms with Gasteiger partial charge in [0.2, 0.25) is 3.79 Å². The second kappa shape index (κ2) is 4.02. The summed E-state index contributed by atoms with van der Waals surface area (Å²) in [5.41, 5.74) is 0. The molecule has 0 heterocycles. The van der Waals surface area contributed by atoms with Crippen LogP contribution in [0.5, 0.6) is 0 Å². The van der Waals surface area contributed by atoms with Crippen molar-refractivity contribution in [2.24, 2.45) is 0 Å². The summed E-state index contributed by atoms with van der Waals surface area (Å²) in [6.45, 7) is -0.369. The highest BCUT2D eigenvalue weighted by molar-refractivity contribution is 7.32. The Hall–Kier alpha value is 1.02. The zero-order valence-electron chi connectivity index (χ0n) is 4.10. The molecule has 7 heteroatoms. The van der Waals surface area contributed by atoms with Gasteiger partial charge in [-0.15, -0.1) is 0 Å². The first-order valence-corrected chi connectivity index (χ1v) is 4.24. The van der Waals surface area contributed by atoms with E-state index in [0.29, 0.717) is 0 Å². The van der Waals surface area contributed by atoms with Crippen LogP contribution in [0.2, 0.25) is 0 Å². The van der Waals surface area contributed by atoms with Gasteiger partial charge in [0, 0.05) is 0 Å². The van der Waals surface area contributed by atoms with Crippen LogP contribution in [0.3, 0.4) is 0 Å².